The Morgan fingerprint density at radius 3 is 2.57 bits per heavy atom. The monoisotopic (exact) mass is 191 g/mol. The number of aliphatic carboxylic acids is 1. The van der Waals surface area contributed by atoms with Crippen LogP contribution in [-0.2, 0) is 4.79 Å². The van der Waals surface area contributed by atoms with Gasteiger partial charge in [0.1, 0.15) is 0 Å². The van der Waals surface area contributed by atoms with Gasteiger partial charge < -0.3 is 10.8 Å². The van der Waals surface area contributed by atoms with E-state index in [-0.39, 0.29) is 6.54 Å². The van der Waals surface area contributed by atoms with Crippen LogP contribution in [0.4, 0.5) is 0 Å². The van der Waals surface area contributed by atoms with E-state index in [2.05, 4.69) is 0 Å². The smallest absolute Gasteiger partial charge is 0.311 e. The van der Waals surface area contributed by atoms with Crippen molar-refractivity contribution in [3.05, 3.63) is 42.0 Å². The molecule has 3 nitrogen and oxygen atoms in total. The van der Waals surface area contributed by atoms with E-state index >= 15 is 0 Å². The number of carbonyl (C=O) groups is 1. The molecule has 0 aliphatic rings. The lowest BCUT2D eigenvalue weighted by molar-refractivity contribution is -0.139. The van der Waals surface area contributed by atoms with Crippen LogP contribution < -0.4 is 5.73 Å². The summed E-state index contributed by atoms with van der Waals surface area (Å²) in [5.41, 5.74) is 6.28. The highest BCUT2D eigenvalue weighted by Gasteiger charge is 2.10. The second-order valence-corrected chi connectivity index (χ2v) is 2.95. The number of hydrogen-bond donors (Lipinski definition) is 2. The van der Waals surface area contributed by atoms with Gasteiger partial charge >= 0.3 is 5.97 Å². The molecule has 1 unspecified atom stereocenters. The average molecular weight is 191 g/mol. The quantitative estimate of drug-likeness (QED) is 0.755. The number of rotatable bonds is 4. The molecule has 0 saturated heterocycles. The van der Waals surface area contributed by atoms with E-state index in [0.29, 0.717) is 0 Å². The fourth-order valence-electron chi connectivity index (χ4n) is 1.05. The van der Waals surface area contributed by atoms with E-state index in [0.717, 1.165) is 5.56 Å². The number of carboxylic acids is 1. The van der Waals surface area contributed by atoms with Crippen LogP contribution in [0.15, 0.2) is 36.4 Å². The minimum atomic E-state index is -0.889. The number of benzene rings is 1. The third-order valence-corrected chi connectivity index (χ3v) is 1.89. The van der Waals surface area contributed by atoms with Crippen LogP contribution in [0.1, 0.15) is 5.56 Å². The molecule has 0 heterocycles. The van der Waals surface area contributed by atoms with Crippen molar-refractivity contribution in [2.75, 3.05) is 6.54 Å². The van der Waals surface area contributed by atoms with Crippen LogP contribution in [0, 0.1) is 5.92 Å². The molecule has 0 fully saturated rings. The Labute approximate surface area is 82.9 Å². The Hall–Kier alpha value is -1.61. The van der Waals surface area contributed by atoms with Gasteiger partial charge in [-0.2, -0.15) is 0 Å². The van der Waals surface area contributed by atoms with E-state index in [1.807, 2.05) is 30.3 Å². The van der Waals surface area contributed by atoms with Gasteiger partial charge in [0.05, 0.1) is 5.92 Å². The summed E-state index contributed by atoms with van der Waals surface area (Å²) in [5, 5.41) is 8.72. The second kappa shape index (κ2) is 5.19. The van der Waals surface area contributed by atoms with E-state index in [9.17, 15) is 4.79 Å². The highest BCUT2D eigenvalue weighted by molar-refractivity contribution is 5.74. The fraction of sp³-hybridized carbons (Fsp3) is 0.182. The lowest BCUT2D eigenvalue weighted by Gasteiger charge is -2.01. The van der Waals surface area contributed by atoms with Crippen LogP contribution in [0.5, 0.6) is 0 Å². The van der Waals surface area contributed by atoms with Gasteiger partial charge in [-0.15, -0.1) is 0 Å². The first-order valence-corrected chi connectivity index (χ1v) is 4.40. The molecule has 1 aromatic carbocycles. The number of carboxylic acid groups (broad SMARTS) is 1. The van der Waals surface area contributed by atoms with Crippen LogP contribution in [0.2, 0.25) is 0 Å². The van der Waals surface area contributed by atoms with Crippen molar-refractivity contribution in [3.63, 3.8) is 0 Å². The summed E-state index contributed by atoms with van der Waals surface area (Å²) in [5.74, 6) is -1.49. The Morgan fingerprint density at radius 1 is 1.43 bits per heavy atom. The summed E-state index contributed by atoms with van der Waals surface area (Å²) in [6, 6.07) is 9.53. The first kappa shape index (κ1) is 10.5. The van der Waals surface area contributed by atoms with Gasteiger partial charge in [0.15, 0.2) is 0 Å². The molecule has 0 radical (unpaired) electrons. The van der Waals surface area contributed by atoms with Gasteiger partial charge in [-0.25, -0.2) is 0 Å². The van der Waals surface area contributed by atoms with E-state index in [4.69, 9.17) is 10.8 Å². The molecule has 0 amide bonds. The molecular formula is C11H13NO2. The summed E-state index contributed by atoms with van der Waals surface area (Å²) >= 11 is 0. The number of nitrogens with two attached hydrogens (primary N) is 1. The maximum atomic E-state index is 10.6. The lowest BCUT2D eigenvalue weighted by atomic mass is 10.1. The summed E-state index contributed by atoms with van der Waals surface area (Å²) in [4.78, 5) is 10.6. The highest BCUT2D eigenvalue weighted by atomic mass is 16.4. The maximum Gasteiger partial charge on any atom is 0.311 e. The molecule has 14 heavy (non-hydrogen) atoms. The zero-order valence-corrected chi connectivity index (χ0v) is 7.76. The van der Waals surface area contributed by atoms with Crippen molar-refractivity contribution in [1.29, 1.82) is 0 Å². The standard InChI is InChI=1S/C11H13NO2/c12-8-10(11(13)14)7-6-9-4-2-1-3-5-9/h1-7,10H,8,12H2,(H,13,14)/b7-6+. The van der Waals surface area contributed by atoms with Crippen molar-refractivity contribution in [2.24, 2.45) is 11.7 Å². The molecule has 0 spiro atoms. The molecule has 1 aromatic rings. The van der Waals surface area contributed by atoms with Gasteiger partial charge in [-0.3, -0.25) is 4.79 Å². The molecule has 1 rings (SSSR count). The number of hydrogen-bond acceptors (Lipinski definition) is 2. The maximum absolute atomic E-state index is 10.6. The molecule has 3 N–H and O–H groups in total. The highest BCUT2D eigenvalue weighted by Crippen LogP contribution is 2.04. The molecule has 0 bridgehead atoms. The topological polar surface area (TPSA) is 63.3 Å². The average Bonchev–Trinajstić information content (AvgIpc) is 2.20. The van der Waals surface area contributed by atoms with Crippen molar-refractivity contribution in [2.45, 2.75) is 0 Å². The van der Waals surface area contributed by atoms with Gasteiger partial charge in [-0.1, -0.05) is 42.5 Å². The van der Waals surface area contributed by atoms with Crippen LogP contribution in [0.3, 0.4) is 0 Å². The molecule has 0 aromatic heterocycles. The Balaban J connectivity index is 2.67. The summed E-state index contributed by atoms with van der Waals surface area (Å²) in [6.45, 7) is 0.124. The molecule has 0 aliphatic carbocycles. The van der Waals surface area contributed by atoms with Crippen LogP contribution in [-0.4, -0.2) is 17.6 Å². The molecule has 74 valence electrons. The summed E-state index contributed by atoms with van der Waals surface area (Å²) in [6.07, 6.45) is 3.38. The third kappa shape index (κ3) is 3.03. The largest absolute Gasteiger partial charge is 0.481 e. The van der Waals surface area contributed by atoms with Gasteiger partial charge in [0, 0.05) is 6.54 Å². The van der Waals surface area contributed by atoms with Crippen LogP contribution >= 0.6 is 0 Å². The molecule has 0 saturated carbocycles. The summed E-state index contributed by atoms with van der Waals surface area (Å²) < 4.78 is 0. The second-order valence-electron chi connectivity index (χ2n) is 2.95. The third-order valence-electron chi connectivity index (χ3n) is 1.89. The van der Waals surface area contributed by atoms with Crippen molar-refractivity contribution in [1.82, 2.24) is 0 Å². The van der Waals surface area contributed by atoms with Gasteiger partial charge in [0.2, 0.25) is 0 Å². The van der Waals surface area contributed by atoms with Crippen molar-refractivity contribution >= 4 is 12.0 Å². The van der Waals surface area contributed by atoms with Crippen molar-refractivity contribution in [3.8, 4) is 0 Å². The molecule has 1 atom stereocenters. The Morgan fingerprint density at radius 2 is 2.07 bits per heavy atom. The predicted octanol–water partition coefficient (Wildman–Crippen LogP) is 1.36. The van der Waals surface area contributed by atoms with Gasteiger partial charge in [-0.05, 0) is 5.56 Å². The van der Waals surface area contributed by atoms with E-state index in [1.54, 1.807) is 12.2 Å². The Bertz CT molecular complexity index is 319. The molecule has 3 heteroatoms. The minimum Gasteiger partial charge on any atom is -0.481 e. The van der Waals surface area contributed by atoms with E-state index < -0.39 is 11.9 Å². The van der Waals surface area contributed by atoms with E-state index in [1.165, 1.54) is 0 Å². The molecule has 0 aliphatic heterocycles. The zero-order chi connectivity index (χ0) is 10.4. The predicted molar refractivity (Wildman–Crippen MR) is 55.7 cm³/mol. The first-order valence-electron chi connectivity index (χ1n) is 4.40. The van der Waals surface area contributed by atoms with Crippen LogP contribution in [0.25, 0.3) is 6.08 Å². The van der Waals surface area contributed by atoms with Gasteiger partial charge in [0.25, 0.3) is 0 Å². The summed E-state index contributed by atoms with van der Waals surface area (Å²) in [7, 11) is 0. The fourth-order valence-corrected chi connectivity index (χ4v) is 1.05. The Kier molecular flexibility index (Phi) is 3.88. The molecular weight excluding hydrogens is 178 g/mol. The first-order chi connectivity index (χ1) is 6.74. The zero-order valence-electron chi connectivity index (χ0n) is 7.76. The van der Waals surface area contributed by atoms with Crippen molar-refractivity contribution < 1.29 is 9.90 Å². The normalized spacial score (nSPS) is 12.9. The minimum absolute atomic E-state index is 0.124. The SMILES string of the molecule is NCC(/C=C/c1ccccc1)C(=O)O. The lowest BCUT2D eigenvalue weighted by Crippen LogP contribution is -2.20.